The lowest BCUT2D eigenvalue weighted by Gasteiger charge is -2.09. The van der Waals surface area contributed by atoms with Crippen LogP contribution in [-0.2, 0) is 9.47 Å². The zero-order valence-electron chi connectivity index (χ0n) is 10.4. The van der Waals surface area contributed by atoms with Crippen LogP contribution in [0.4, 0.5) is 0 Å². The van der Waals surface area contributed by atoms with Gasteiger partial charge in [0.05, 0.1) is 27.4 Å². The lowest BCUT2D eigenvalue weighted by molar-refractivity contribution is -0.000909. The monoisotopic (exact) mass is 252 g/mol. The number of methoxy groups -OCH3 is 2. The Balaban J connectivity index is 2.21. The smallest absolute Gasteiger partial charge is 0.200 e. The predicted molar refractivity (Wildman–Crippen MR) is 65.9 cm³/mol. The van der Waals surface area contributed by atoms with Crippen LogP contribution >= 0.6 is 0 Å². The summed E-state index contributed by atoms with van der Waals surface area (Å²) in [4.78, 5) is 0. The molecule has 2 rings (SSSR count). The van der Waals surface area contributed by atoms with Crippen LogP contribution in [0.3, 0.4) is 0 Å². The molecule has 98 valence electrons. The van der Waals surface area contributed by atoms with Crippen LogP contribution in [-0.4, -0.2) is 38.8 Å². The SMILES string of the molecule is COc1cc(/C=C/C2OCCO2)cc(OC)c1O. The highest BCUT2D eigenvalue weighted by atomic mass is 16.7. The van der Waals surface area contributed by atoms with E-state index >= 15 is 0 Å². The Kier molecular flexibility index (Phi) is 4.07. The number of benzene rings is 1. The Hall–Kier alpha value is -1.72. The Morgan fingerprint density at radius 1 is 1.17 bits per heavy atom. The number of phenolic OH excluding ortho intramolecular Hbond substituents is 1. The molecule has 0 atom stereocenters. The summed E-state index contributed by atoms with van der Waals surface area (Å²) in [5.41, 5.74) is 0.834. The molecule has 0 aliphatic carbocycles. The lowest BCUT2D eigenvalue weighted by Crippen LogP contribution is -2.01. The summed E-state index contributed by atoms with van der Waals surface area (Å²) >= 11 is 0. The molecule has 0 bridgehead atoms. The molecule has 1 heterocycles. The van der Waals surface area contributed by atoms with Gasteiger partial charge >= 0.3 is 0 Å². The van der Waals surface area contributed by atoms with E-state index in [0.29, 0.717) is 24.7 Å². The minimum Gasteiger partial charge on any atom is -0.502 e. The molecular formula is C13H16O5. The molecule has 0 radical (unpaired) electrons. The standard InChI is InChI=1S/C13H16O5/c1-15-10-7-9(8-11(16-2)13(10)14)3-4-12-17-5-6-18-12/h3-4,7-8,12,14H,5-6H2,1-2H3/b4-3+. The molecule has 1 aromatic rings. The van der Waals surface area contributed by atoms with Gasteiger partial charge in [0, 0.05) is 0 Å². The first-order valence-corrected chi connectivity index (χ1v) is 5.61. The third-order valence-corrected chi connectivity index (χ3v) is 2.60. The van der Waals surface area contributed by atoms with Gasteiger partial charge in [-0.15, -0.1) is 0 Å². The molecule has 0 amide bonds. The second kappa shape index (κ2) is 5.75. The molecule has 1 aromatic carbocycles. The van der Waals surface area contributed by atoms with E-state index in [4.69, 9.17) is 18.9 Å². The minimum atomic E-state index is -0.309. The molecular weight excluding hydrogens is 236 g/mol. The van der Waals surface area contributed by atoms with Crippen LogP contribution in [0, 0.1) is 0 Å². The largest absolute Gasteiger partial charge is 0.502 e. The normalized spacial score (nSPS) is 16.3. The fraction of sp³-hybridized carbons (Fsp3) is 0.385. The molecule has 1 aliphatic rings. The van der Waals surface area contributed by atoms with Crippen LogP contribution in [0.5, 0.6) is 17.2 Å². The summed E-state index contributed by atoms with van der Waals surface area (Å²) < 4.78 is 20.7. The molecule has 1 aliphatic heterocycles. The van der Waals surface area contributed by atoms with E-state index in [1.54, 1.807) is 18.2 Å². The molecule has 18 heavy (non-hydrogen) atoms. The first kappa shape index (κ1) is 12.7. The van der Waals surface area contributed by atoms with Crippen molar-refractivity contribution < 1.29 is 24.1 Å². The maximum atomic E-state index is 9.77. The van der Waals surface area contributed by atoms with Gasteiger partial charge in [0.1, 0.15) is 0 Å². The number of hydrogen-bond acceptors (Lipinski definition) is 5. The Labute approximate surface area is 106 Å². The second-order valence-corrected chi connectivity index (χ2v) is 3.74. The summed E-state index contributed by atoms with van der Waals surface area (Å²) in [5.74, 6) is 0.718. The summed E-state index contributed by atoms with van der Waals surface area (Å²) in [5, 5.41) is 9.77. The fourth-order valence-corrected chi connectivity index (χ4v) is 1.69. The van der Waals surface area contributed by atoms with Crippen molar-refractivity contribution in [2.45, 2.75) is 6.29 Å². The lowest BCUT2D eigenvalue weighted by atomic mass is 10.1. The first-order valence-electron chi connectivity index (χ1n) is 5.61. The second-order valence-electron chi connectivity index (χ2n) is 3.74. The van der Waals surface area contributed by atoms with Gasteiger partial charge < -0.3 is 24.1 Å². The topological polar surface area (TPSA) is 57.2 Å². The van der Waals surface area contributed by atoms with Crippen molar-refractivity contribution in [1.29, 1.82) is 0 Å². The first-order chi connectivity index (χ1) is 8.74. The van der Waals surface area contributed by atoms with E-state index < -0.39 is 0 Å². The van der Waals surface area contributed by atoms with Crippen molar-refractivity contribution in [3.63, 3.8) is 0 Å². The number of hydrogen-bond donors (Lipinski definition) is 1. The molecule has 1 fully saturated rings. The molecule has 0 aromatic heterocycles. The van der Waals surface area contributed by atoms with Crippen molar-refractivity contribution in [2.75, 3.05) is 27.4 Å². The van der Waals surface area contributed by atoms with Crippen LogP contribution < -0.4 is 9.47 Å². The molecule has 0 unspecified atom stereocenters. The Morgan fingerprint density at radius 3 is 2.22 bits per heavy atom. The average Bonchev–Trinajstić information content (AvgIpc) is 2.90. The summed E-state index contributed by atoms with van der Waals surface area (Å²) in [6, 6.07) is 3.42. The van der Waals surface area contributed by atoms with Crippen molar-refractivity contribution in [1.82, 2.24) is 0 Å². The van der Waals surface area contributed by atoms with Crippen molar-refractivity contribution in [2.24, 2.45) is 0 Å². The van der Waals surface area contributed by atoms with Gasteiger partial charge in [0.15, 0.2) is 17.8 Å². The summed E-state index contributed by atoms with van der Waals surface area (Å²) in [6.45, 7) is 1.22. The Morgan fingerprint density at radius 2 is 1.72 bits per heavy atom. The highest BCUT2D eigenvalue weighted by molar-refractivity contribution is 5.61. The maximum Gasteiger partial charge on any atom is 0.200 e. The average molecular weight is 252 g/mol. The highest BCUT2D eigenvalue weighted by Gasteiger charge is 2.13. The molecule has 0 saturated carbocycles. The zero-order chi connectivity index (χ0) is 13.0. The van der Waals surface area contributed by atoms with Gasteiger partial charge in [-0.05, 0) is 23.8 Å². The number of rotatable bonds is 4. The van der Waals surface area contributed by atoms with Gasteiger partial charge in [0.2, 0.25) is 5.75 Å². The molecule has 5 heteroatoms. The summed E-state index contributed by atoms with van der Waals surface area (Å²) in [7, 11) is 2.98. The van der Waals surface area contributed by atoms with E-state index in [1.165, 1.54) is 14.2 Å². The van der Waals surface area contributed by atoms with Gasteiger partial charge in [-0.25, -0.2) is 0 Å². The third-order valence-electron chi connectivity index (χ3n) is 2.60. The van der Waals surface area contributed by atoms with Gasteiger partial charge in [-0.3, -0.25) is 0 Å². The fourth-order valence-electron chi connectivity index (χ4n) is 1.69. The van der Waals surface area contributed by atoms with E-state index in [1.807, 2.05) is 6.08 Å². The van der Waals surface area contributed by atoms with E-state index in [0.717, 1.165) is 5.56 Å². The van der Waals surface area contributed by atoms with Crippen LogP contribution in [0.15, 0.2) is 18.2 Å². The minimum absolute atomic E-state index is 0.00878. The summed E-state index contributed by atoms with van der Waals surface area (Å²) in [6.07, 6.45) is 3.33. The van der Waals surface area contributed by atoms with Crippen LogP contribution in [0.2, 0.25) is 0 Å². The van der Waals surface area contributed by atoms with Gasteiger partial charge in [-0.1, -0.05) is 6.08 Å². The van der Waals surface area contributed by atoms with Crippen LogP contribution in [0.1, 0.15) is 5.56 Å². The van der Waals surface area contributed by atoms with Crippen molar-refractivity contribution in [3.8, 4) is 17.2 Å². The highest BCUT2D eigenvalue weighted by Crippen LogP contribution is 2.37. The maximum absolute atomic E-state index is 9.77. The van der Waals surface area contributed by atoms with Gasteiger partial charge in [-0.2, -0.15) is 0 Å². The number of aromatic hydroxyl groups is 1. The van der Waals surface area contributed by atoms with Gasteiger partial charge in [0.25, 0.3) is 0 Å². The van der Waals surface area contributed by atoms with E-state index in [-0.39, 0.29) is 12.0 Å². The van der Waals surface area contributed by atoms with E-state index in [9.17, 15) is 5.11 Å². The molecule has 1 N–H and O–H groups in total. The van der Waals surface area contributed by atoms with E-state index in [2.05, 4.69) is 0 Å². The molecule has 1 saturated heterocycles. The predicted octanol–water partition coefficient (Wildman–Crippen LogP) is 1.80. The molecule has 0 spiro atoms. The number of ether oxygens (including phenoxy) is 4. The zero-order valence-corrected chi connectivity index (χ0v) is 10.4. The van der Waals surface area contributed by atoms with Crippen molar-refractivity contribution >= 4 is 6.08 Å². The molecule has 5 nitrogen and oxygen atoms in total. The van der Waals surface area contributed by atoms with Crippen molar-refractivity contribution in [3.05, 3.63) is 23.8 Å². The number of phenols is 1. The van der Waals surface area contributed by atoms with Crippen LogP contribution in [0.25, 0.3) is 6.08 Å². The quantitative estimate of drug-likeness (QED) is 0.885. The third kappa shape index (κ3) is 2.75. The Bertz CT molecular complexity index is 410.